The summed E-state index contributed by atoms with van der Waals surface area (Å²) in [6.07, 6.45) is 1.98. The standard InChI is InChI=1S/C78H49BN4/c1-5-19-50(20-6-1)59-37-60(51-21-7-2-8-22-51)40-64(39-59)82-73-47-68-56(35-33-54-27-13-16-30-66(54)68)43-70(73)79-71-44-57-36-34-55-28-14-17-31-67(55)69(57)48-74(71)83(65-41-61(52-23-9-3-10-24-52)38-62(42-65)53-25-11-4-12-26-53)76-46-63(45-75(82)77(76)79)78-80-49-58-29-15-18-32-72(58)81-78/h1-49H. The van der Waals surface area contributed by atoms with Gasteiger partial charge in [0.25, 0.3) is 6.71 Å². The molecule has 2 aliphatic rings. The van der Waals surface area contributed by atoms with Crippen LogP contribution in [0.4, 0.5) is 34.1 Å². The van der Waals surface area contributed by atoms with E-state index in [4.69, 9.17) is 9.97 Å². The van der Waals surface area contributed by atoms with Crippen LogP contribution in [0, 0.1) is 0 Å². The maximum Gasteiger partial charge on any atom is 0.252 e. The third-order valence-electron chi connectivity index (χ3n) is 17.3. The van der Waals surface area contributed by atoms with Gasteiger partial charge in [0.2, 0.25) is 0 Å². The number of hydrogen-bond acceptors (Lipinski definition) is 4. The van der Waals surface area contributed by atoms with Gasteiger partial charge in [-0.2, -0.15) is 0 Å². The number of aromatic nitrogens is 2. The van der Waals surface area contributed by atoms with Crippen molar-refractivity contribution in [2.75, 3.05) is 9.80 Å². The summed E-state index contributed by atoms with van der Waals surface area (Å²) in [6.45, 7) is -0.187. The van der Waals surface area contributed by atoms with Crippen molar-refractivity contribution in [3.8, 4) is 55.9 Å². The predicted molar refractivity (Wildman–Crippen MR) is 351 cm³/mol. The minimum Gasteiger partial charge on any atom is -0.311 e. The molecule has 0 saturated heterocycles. The highest BCUT2D eigenvalue weighted by atomic mass is 15.2. The van der Waals surface area contributed by atoms with E-state index in [0.29, 0.717) is 5.82 Å². The Bertz CT molecular complexity index is 4710. The van der Waals surface area contributed by atoms with Gasteiger partial charge in [-0.3, -0.25) is 0 Å². The van der Waals surface area contributed by atoms with Crippen LogP contribution in [0.1, 0.15) is 0 Å². The van der Waals surface area contributed by atoms with Crippen LogP contribution in [-0.4, -0.2) is 16.7 Å². The van der Waals surface area contributed by atoms with Gasteiger partial charge in [0.15, 0.2) is 5.82 Å². The number of rotatable bonds is 7. The van der Waals surface area contributed by atoms with Crippen molar-refractivity contribution < 1.29 is 0 Å². The first-order valence-electron chi connectivity index (χ1n) is 28.5. The van der Waals surface area contributed by atoms with E-state index in [-0.39, 0.29) is 6.71 Å². The zero-order valence-electron chi connectivity index (χ0n) is 45.2. The molecule has 2 aliphatic heterocycles. The van der Waals surface area contributed by atoms with Crippen LogP contribution in [-0.2, 0) is 0 Å². The predicted octanol–water partition coefficient (Wildman–Crippen LogP) is 18.7. The van der Waals surface area contributed by atoms with Crippen LogP contribution >= 0.6 is 0 Å². The van der Waals surface area contributed by atoms with E-state index in [2.05, 4.69) is 301 Å². The lowest BCUT2D eigenvalue weighted by Gasteiger charge is -2.45. The van der Waals surface area contributed by atoms with Crippen LogP contribution in [0.15, 0.2) is 297 Å². The molecule has 384 valence electrons. The third-order valence-corrected chi connectivity index (χ3v) is 17.3. The molecule has 0 amide bonds. The molecule has 4 nitrogen and oxygen atoms in total. The Hall–Kier alpha value is -10.9. The lowest BCUT2D eigenvalue weighted by atomic mass is 9.33. The molecule has 0 unspecified atom stereocenters. The minimum atomic E-state index is -0.187. The van der Waals surface area contributed by atoms with Gasteiger partial charge in [0.05, 0.1) is 5.52 Å². The molecule has 83 heavy (non-hydrogen) atoms. The van der Waals surface area contributed by atoms with E-state index in [1.165, 1.54) is 59.5 Å². The van der Waals surface area contributed by atoms with Gasteiger partial charge in [0.1, 0.15) is 0 Å². The fourth-order valence-electron chi connectivity index (χ4n) is 13.5. The molecule has 15 aromatic rings. The molecular weight excluding hydrogens is 1000 g/mol. The Morgan fingerprint density at radius 1 is 0.265 bits per heavy atom. The van der Waals surface area contributed by atoms with Crippen LogP contribution in [0.3, 0.4) is 0 Å². The lowest BCUT2D eigenvalue weighted by Crippen LogP contribution is -2.61. The van der Waals surface area contributed by atoms with Gasteiger partial charge in [-0.25, -0.2) is 9.97 Å². The van der Waals surface area contributed by atoms with E-state index in [0.717, 1.165) is 95.1 Å². The zero-order chi connectivity index (χ0) is 54.5. The second-order valence-corrected chi connectivity index (χ2v) is 22.1. The summed E-state index contributed by atoms with van der Waals surface area (Å²) < 4.78 is 0. The topological polar surface area (TPSA) is 32.3 Å². The summed E-state index contributed by atoms with van der Waals surface area (Å²) in [7, 11) is 0. The fourth-order valence-corrected chi connectivity index (χ4v) is 13.5. The number of hydrogen-bond donors (Lipinski definition) is 0. The first-order valence-corrected chi connectivity index (χ1v) is 28.5. The van der Waals surface area contributed by atoms with Crippen molar-refractivity contribution in [3.05, 3.63) is 297 Å². The van der Waals surface area contributed by atoms with E-state index in [9.17, 15) is 0 Å². The summed E-state index contributed by atoms with van der Waals surface area (Å²) in [5.74, 6) is 0.663. The maximum atomic E-state index is 5.41. The highest BCUT2D eigenvalue weighted by Gasteiger charge is 2.45. The van der Waals surface area contributed by atoms with E-state index in [1.807, 2.05) is 6.20 Å². The van der Waals surface area contributed by atoms with Crippen molar-refractivity contribution in [3.63, 3.8) is 0 Å². The molecule has 14 aromatic carbocycles. The Balaban J connectivity index is 1.04. The van der Waals surface area contributed by atoms with Crippen molar-refractivity contribution in [2.24, 2.45) is 0 Å². The molecule has 3 heterocycles. The van der Waals surface area contributed by atoms with Crippen molar-refractivity contribution in [1.29, 1.82) is 0 Å². The summed E-state index contributed by atoms with van der Waals surface area (Å²) in [4.78, 5) is 15.8. The first-order chi connectivity index (χ1) is 41.1. The molecule has 0 N–H and O–H groups in total. The second-order valence-electron chi connectivity index (χ2n) is 22.1. The number of para-hydroxylation sites is 1. The average molecular weight is 1050 g/mol. The van der Waals surface area contributed by atoms with Gasteiger partial charge >= 0.3 is 0 Å². The Kier molecular flexibility index (Phi) is 10.7. The van der Waals surface area contributed by atoms with E-state index in [1.54, 1.807) is 0 Å². The number of benzene rings is 14. The maximum absolute atomic E-state index is 5.41. The molecule has 1 aromatic heterocycles. The van der Waals surface area contributed by atoms with Gasteiger partial charge < -0.3 is 9.80 Å². The van der Waals surface area contributed by atoms with Crippen LogP contribution < -0.4 is 26.2 Å². The van der Waals surface area contributed by atoms with Crippen LogP contribution in [0.2, 0.25) is 0 Å². The van der Waals surface area contributed by atoms with Gasteiger partial charge in [0, 0.05) is 51.3 Å². The van der Waals surface area contributed by atoms with Crippen LogP contribution in [0.25, 0.3) is 110 Å². The third kappa shape index (κ3) is 7.77. The molecule has 0 bridgehead atoms. The molecule has 0 fully saturated rings. The molecule has 0 aliphatic carbocycles. The van der Waals surface area contributed by atoms with E-state index < -0.39 is 0 Å². The second kappa shape index (κ2) is 18.9. The van der Waals surface area contributed by atoms with Gasteiger partial charge in [-0.1, -0.05) is 224 Å². The zero-order valence-corrected chi connectivity index (χ0v) is 45.2. The Morgan fingerprint density at radius 2 is 0.651 bits per heavy atom. The van der Waals surface area contributed by atoms with E-state index >= 15 is 0 Å². The number of fused-ring (bicyclic) bond motifs is 11. The molecule has 0 spiro atoms. The van der Waals surface area contributed by atoms with Crippen LogP contribution in [0.5, 0.6) is 0 Å². The van der Waals surface area contributed by atoms with Crippen molar-refractivity contribution in [2.45, 2.75) is 0 Å². The Morgan fingerprint density at radius 3 is 1.10 bits per heavy atom. The molecule has 17 rings (SSSR count). The molecule has 0 atom stereocenters. The summed E-state index contributed by atoms with van der Waals surface area (Å²) >= 11 is 0. The normalized spacial score (nSPS) is 12.5. The average Bonchev–Trinajstić information content (AvgIpc) is 2.42. The highest BCUT2D eigenvalue weighted by Crippen LogP contribution is 2.50. The van der Waals surface area contributed by atoms with Gasteiger partial charge in [-0.15, -0.1) is 0 Å². The summed E-state index contributed by atoms with van der Waals surface area (Å²) in [5, 5.41) is 10.7. The molecule has 0 radical (unpaired) electrons. The molecule has 5 heteroatoms. The van der Waals surface area contributed by atoms with Crippen molar-refractivity contribution in [1.82, 2.24) is 9.97 Å². The SMILES string of the molecule is c1ccc(-c2cc(-c3ccccc3)cc(N3c4cc5c(ccc6ccccc65)cc4B4c5cc6ccc7ccccc7c6cc5N(c5cc(-c6ccccc6)cc(-c6ccccc6)c5)c5cc(-c6ncc7ccccc7n6)cc3c54)c2)cc1. The minimum absolute atomic E-state index is 0.187. The number of anilines is 6. The summed E-state index contributed by atoms with van der Waals surface area (Å²) in [6, 6.07) is 108. The highest BCUT2D eigenvalue weighted by molar-refractivity contribution is 7.00. The first kappa shape index (κ1) is 47.0. The van der Waals surface area contributed by atoms with Gasteiger partial charge in [-0.05, 0) is 171 Å². The largest absolute Gasteiger partial charge is 0.311 e. The number of nitrogens with zero attached hydrogens (tertiary/aromatic N) is 4. The quantitative estimate of drug-likeness (QED) is 0.118. The van der Waals surface area contributed by atoms with Crippen molar-refractivity contribution >= 4 is 111 Å². The lowest BCUT2D eigenvalue weighted by molar-refractivity contribution is 1.21. The molecular formula is C78H49BN4. The monoisotopic (exact) mass is 1050 g/mol. The summed E-state index contributed by atoms with van der Waals surface area (Å²) in [5.41, 5.74) is 21.2. The fraction of sp³-hybridized carbons (Fsp3) is 0. The Labute approximate surface area is 481 Å². The molecule has 0 saturated carbocycles. The smallest absolute Gasteiger partial charge is 0.252 e.